The molecule has 19 heavy (non-hydrogen) atoms. The number of carbonyl (C=O) groups is 1. The molecular formula is C11H19N3O4S. The minimum absolute atomic E-state index is 0.0641. The van der Waals surface area contributed by atoms with Crippen LogP contribution in [-0.4, -0.2) is 35.1 Å². The van der Waals surface area contributed by atoms with E-state index in [1.807, 2.05) is 13.8 Å². The maximum atomic E-state index is 12.0. The van der Waals surface area contributed by atoms with Gasteiger partial charge in [-0.1, -0.05) is 13.8 Å². The molecule has 0 fully saturated rings. The number of imidazole rings is 1. The molecule has 1 heterocycles. The molecule has 0 aliphatic carbocycles. The van der Waals surface area contributed by atoms with E-state index < -0.39 is 22.0 Å². The maximum absolute atomic E-state index is 12.0. The predicted octanol–water partition coefficient (Wildman–Crippen LogP) is 0.506. The van der Waals surface area contributed by atoms with Gasteiger partial charge < -0.3 is 9.67 Å². The minimum Gasteiger partial charge on any atom is -0.480 e. The molecule has 0 aliphatic heterocycles. The molecular weight excluding hydrogens is 270 g/mol. The van der Waals surface area contributed by atoms with E-state index in [4.69, 9.17) is 5.11 Å². The molecule has 0 aliphatic rings. The number of hydrogen-bond donors (Lipinski definition) is 2. The Hall–Kier alpha value is -1.41. The van der Waals surface area contributed by atoms with Gasteiger partial charge in [0.15, 0.2) is 5.03 Å². The number of nitrogens with zero attached hydrogens (tertiary/aromatic N) is 2. The molecule has 0 saturated carbocycles. The van der Waals surface area contributed by atoms with Gasteiger partial charge in [-0.3, -0.25) is 4.79 Å². The molecule has 0 radical (unpaired) electrons. The highest BCUT2D eigenvalue weighted by atomic mass is 32.2. The molecule has 8 heteroatoms. The standard InChI is InChI=1S/C11H19N3O4S/c1-7(2)5-9(11(15)16)13-19(17,18)10-6-14(4)8(3)12-10/h6-7,9,13H,5H2,1-4H3,(H,15,16)/t9-/m0/s1. The molecule has 0 unspecified atom stereocenters. The van der Waals surface area contributed by atoms with Gasteiger partial charge in [0.2, 0.25) is 0 Å². The van der Waals surface area contributed by atoms with Crippen molar-refractivity contribution in [3.63, 3.8) is 0 Å². The zero-order chi connectivity index (χ0) is 14.8. The van der Waals surface area contributed by atoms with Gasteiger partial charge in [-0.2, -0.15) is 4.72 Å². The lowest BCUT2D eigenvalue weighted by atomic mass is 10.1. The van der Waals surface area contributed by atoms with Gasteiger partial charge in [0, 0.05) is 13.2 Å². The van der Waals surface area contributed by atoms with E-state index in [1.54, 1.807) is 18.5 Å². The zero-order valence-corrected chi connectivity index (χ0v) is 12.2. The van der Waals surface area contributed by atoms with E-state index in [-0.39, 0.29) is 17.4 Å². The molecule has 1 atom stereocenters. The van der Waals surface area contributed by atoms with Crippen molar-refractivity contribution < 1.29 is 18.3 Å². The smallest absolute Gasteiger partial charge is 0.321 e. The lowest BCUT2D eigenvalue weighted by Gasteiger charge is -2.15. The van der Waals surface area contributed by atoms with Crippen molar-refractivity contribution in [3.05, 3.63) is 12.0 Å². The van der Waals surface area contributed by atoms with E-state index in [2.05, 4.69) is 9.71 Å². The fourth-order valence-corrected chi connectivity index (χ4v) is 2.82. The van der Waals surface area contributed by atoms with Crippen molar-refractivity contribution in [2.75, 3.05) is 0 Å². The lowest BCUT2D eigenvalue weighted by molar-refractivity contribution is -0.139. The molecule has 1 aromatic heterocycles. The predicted molar refractivity (Wildman–Crippen MR) is 69.1 cm³/mol. The van der Waals surface area contributed by atoms with Crippen molar-refractivity contribution >= 4 is 16.0 Å². The van der Waals surface area contributed by atoms with Gasteiger partial charge in [-0.25, -0.2) is 13.4 Å². The summed E-state index contributed by atoms with van der Waals surface area (Å²) < 4.78 is 27.8. The molecule has 0 spiro atoms. The highest BCUT2D eigenvalue weighted by molar-refractivity contribution is 7.89. The molecule has 2 N–H and O–H groups in total. The van der Waals surface area contributed by atoms with Crippen LogP contribution < -0.4 is 4.72 Å². The fraction of sp³-hybridized carbons (Fsp3) is 0.636. The SMILES string of the molecule is Cc1nc(S(=O)(=O)N[C@@H](CC(C)C)C(=O)O)cn1C. The Bertz CT molecular complexity index is 543. The van der Waals surface area contributed by atoms with E-state index in [1.165, 1.54) is 6.20 Å². The number of hydrogen-bond acceptors (Lipinski definition) is 4. The van der Waals surface area contributed by atoms with Gasteiger partial charge in [-0.15, -0.1) is 0 Å². The number of sulfonamides is 1. The minimum atomic E-state index is -3.91. The van der Waals surface area contributed by atoms with Crippen LogP contribution >= 0.6 is 0 Å². The van der Waals surface area contributed by atoms with Crippen molar-refractivity contribution in [3.8, 4) is 0 Å². The summed E-state index contributed by atoms with van der Waals surface area (Å²) in [5.74, 6) is -0.588. The first-order valence-corrected chi connectivity index (χ1v) is 7.37. The Labute approximate surface area is 112 Å². The average Bonchev–Trinajstić information content (AvgIpc) is 2.58. The van der Waals surface area contributed by atoms with Crippen LogP contribution in [0.5, 0.6) is 0 Å². The molecule has 7 nitrogen and oxygen atoms in total. The van der Waals surface area contributed by atoms with Crippen molar-refractivity contribution in [2.24, 2.45) is 13.0 Å². The molecule has 108 valence electrons. The number of carboxylic acid groups (broad SMARTS) is 1. The van der Waals surface area contributed by atoms with Crippen LogP contribution in [0.15, 0.2) is 11.2 Å². The number of aryl methyl sites for hydroxylation is 2. The summed E-state index contributed by atoms with van der Waals surface area (Å²) in [6.07, 6.45) is 1.58. The normalized spacial score (nSPS) is 13.7. The van der Waals surface area contributed by atoms with Crippen LogP contribution in [0.2, 0.25) is 0 Å². The monoisotopic (exact) mass is 289 g/mol. The molecule has 1 rings (SSSR count). The summed E-state index contributed by atoms with van der Waals surface area (Å²) in [6.45, 7) is 5.33. The van der Waals surface area contributed by atoms with Gasteiger partial charge >= 0.3 is 5.97 Å². The number of nitrogens with one attached hydrogen (secondary N) is 1. The summed E-state index contributed by atoms with van der Waals surface area (Å²) in [4.78, 5) is 15.0. The van der Waals surface area contributed by atoms with Gasteiger partial charge in [0.1, 0.15) is 11.9 Å². The first kappa shape index (κ1) is 15.6. The van der Waals surface area contributed by atoms with Gasteiger partial charge in [-0.05, 0) is 19.3 Å². The largest absolute Gasteiger partial charge is 0.480 e. The van der Waals surface area contributed by atoms with Crippen LogP contribution in [0, 0.1) is 12.8 Å². The van der Waals surface area contributed by atoms with E-state index in [0.717, 1.165) is 0 Å². The quantitative estimate of drug-likeness (QED) is 0.794. The Morgan fingerprint density at radius 1 is 1.53 bits per heavy atom. The third kappa shape index (κ3) is 4.03. The van der Waals surface area contributed by atoms with E-state index >= 15 is 0 Å². The molecule has 0 saturated heterocycles. The lowest BCUT2D eigenvalue weighted by Crippen LogP contribution is -2.41. The topological polar surface area (TPSA) is 101 Å². The second-order valence-corrected chi connectivity index (χ2v) is 6.54. The van der Waals surface area contributed by atoms with Crippen LogP contribution in [0.25, 0.3) is 0 Å². The third-order valence-corrected chi connectivity index (χ3v) is 4.01. The number of aliphatic carboxylic acids is 1. The first-order valence-electron chi connectivity index (χ1n) is 5.88. The van der Waals surface area contributed by atoms with Crippen LogP contribution in [0.3, 0.4) is 0 Å². The average molecular weight is 289 g/mol. The fourth-order valence-electron chi connectivity index (χ4n) is 1.57. The van der Waals surface area contributed by atoms with Crippen molar-refractivity contribution in [1.29, 1.82) is 0 Å². The highest BCUT2D eigenvalue weighted by Crippen LogP contribution is 2.11. The second kappa shape index (κ2) is 5.70. The summed E-state index contributed by atoms with van der Waals surface area (Å²) in [6, 6.07) is -1.15. The maximum Gasteiger partial charge on any atom is 0.321 e. The van der Waals surface area contributed by atoms with E-state index in [0.29, 0.717) is 5.82 Å². The van der Waals surface area contributed by atoms with E-state index in [9.17, 15) is 13.2 Å². The zero-order valence-electron chi connectivity index (χ0n) is 11.4. The van der Waals surface area contributed by atoms with Crippen LogP contribution in [0.1, 0.15) is 26.1 Å². The third-order valence-electron chi connectivity index (χ3n) is 2.66. The Balaban J connectivity index is 2.97. The Kier molecular flexibility index (Phi) is 4.70. The number of rotatable bonds is 6. The number of carboxylic acids is 1. The van der Waals surface area contributed by atoms with Crippen molar-refractivity contribution in [1.82, 2.24) is 14.3 Å². The van der Waals surface area contributed by atoms with Crippen LogP contribution in [0.4, 0.5) is 0 Å². The molecule has 0 aromatic carbocycles. The van der Waals surface area contributed by atoms with Gasteiger partial charge in [0.25, 0.3) is 10.0 Å². The summed E-state index contributed by atoms with van der Waals surface area (Å²) in [7, 11) is -2.24. The Morgan fingerprint density at radius 3 is 2.47 bits per heavy atom. The van der Waals surface area contributed by atoms with Crippen LogP contribution in [-0.2, 0) is 21.9 Å². The summed E-state index contributed by atoms with van der Waals surface area (Å²) in [5, 5.41) is 8.88. The van der Waals surface area contributed by atoms with Crippen molar-refractivity contribution in [2.45, 2.75) is 38.3 Å². The summed E-state index contributed by atoms with van der Waals surface area (Å²) >= 11 is 0. The second-order valence-electron chi connectivity index (χ2n) is 4.88. The first-order chi connectivity index (χ1) is 8.63. The molecule has 1 aromatic rings. The molecule has 0 amide bonds. The summed E-state index contributed by atoms with van der Waals surface area (Å²) in [5.41, 5.74) is 0. The highest BCUT2D eigenvalue weighted by Gasteiger charge is 2.27. The molecule has 0 bridgehead atoms. The number of aromatic nitrogens is 2. The Morgan fingerprint density at radius 2 is 2.11 bits per heavy atom. The van der Waals surface area contributed by atoms with Gasteiger partial charge in [0.05, 0.1) is 0 Å².